The maximum absolute atomic E-state index is 14.6. The second-order valence-corrected chi connectivity index (χ2v) is 8.45. The molecule has 33 heavy (non-hydrogen) atoms. The summed E-state index contributed by atoms with van der Waals surface area (Å²) in [5, 5.41) is 20.4. The van der Waals surface area contributed by atoms with Gasteiger partial charge in [0.25, 0.3) is 0 Å². The van der Waals surface area contributed by atoms with Gasteiger partial charge in [-0.1, -0.05) is 18.2 Å². The number of furan rings is 1. The lowest BCUT2D eigenvalue weighted by molar-refractivity contribution is 0.471. The van der Waals surface area contributed by atoms with Crippen molar-refractivity contribution in [2.45, 2.75) is 25.8 Å². The molecule has 0 unspecified atom stereocenters. The molecule has 0 bridgehead atoms. The highest BCUT2D eigenvalue weighted by molar-refractivity contribution is 6.04. The Morgan fingerprint density at radius 2 is 1.91 bits per heavy atom. The average Bonchev–Trinajstić information content (AvgIpc) is 3.30. The molecule has 0 radical (unpaired) electrons. The number of aryl methyl sites for hydroxylation is 1. The molecular weight excluding hydrogens is 419 g/mol. The highest BCUT2D eigenvalue weighted by Crippen LogP contribution is 2.42. The van der Waals surface area contributed by atoms with Gasteiger partial charge in [0.1, 0.15) is 29.0 Å². The third-order valence-corrected chi connectivity index (χ3v) is 6.29. The SMILES string of the molecule is Cc1ccc(-c2c(-c3ccc(C#N)c(F)c3)nc(N3CCC(N)CC3)c3ccoc23)cc1O. The summed E-state index contributed by atoms with van der Waals surface area (Å²) in [5.74, 6) is 0.295. The van der Waals surface area contributed by atoms with E-state index in [1.54, 1.807) is 18.4 Å². The summed E-state index contributed by atoms with van der Waals surface area (Å²) in [4.78, 5) is 7.19. The number of phenols is 1. The lowest BCUT2D eigenvalue weighted by atomic mass is 9.95. The first-order valence-corrected chi connectivity index (χ1v) is 10.9. The summed E-state index contributed by atoms with van der Waals surface area (Å²) >= 11 is 0. The predicted molar refractivity (Wildman–Crippen MR) is 125 cm³/mol. The molecule has 0 spiro atoms. The summed E-state index contributed by atoms with van der Waals surface area (Å²) in [6.45, 7) is 3.35. The summed E-state index contributed by atoms with van der Waals surface area (Å²) < 4.78 is 20.5. The van der Waals surface area contributed by atoms with Gasteiger partial charge < -0.3 is 20.2 Å². The number of nitriles is 1. The summed E-state index contributed by atoms with van der Waals surface area (Å²) in [5.41, 5.74) is 9.84. The Hall–Kier alpha value is -3.89. The third kappa shape index (κ3) is 3.69. The van der Waals surface area contributed by atoms with Crippen LogP contribution in [-0.4, -0.2) is 29.2 Å². The van der Waals surface area contributed by atoms with Gasteiger partial charge >= 0.3 is 0 Å². The number of hydrogen-bond donors (Lipinski definition) is 2. The third-order valence-electron chi connectivity index (χ3n) is 6.29. The van der Waals surface area contributed by atoms with Crippen LogP contribution < -0.4 is 10.6 Å². The van der Waals surface area contributed by atoms with Gasteiger partial charge in [0, 0.05) is 24.7 Å². The van der Waals surface area contributed by atoms with Crippen LogP contribution in [0.4, 0.5) is 10.2 Å². The summed E-state index contributed by atoms with van der Waals surface area (Å²) in [7, 11) is 0. The van der Waals surface area contributed by atoms with E-state index in [-0.39, 0.29) is 17.4 Å². The van der Waals surface area contributed by atoms with E-state index in [0.29, 0.717) is 28.0 Å². The molecule has 1 aliphatic rings. The van der Waals surface area contributed by atoms with Crippen molar-refractivity contribution in [2.24, 2.45) is 5.73 Å². The van der Waals surface area contributed by atoms with Crippen LogP contribution in [-0.2, 0) is 0 Å². The number of rotatable bonds is 3. The second kappa shape index (κ2) is 8.23. The number of nitrogens with two attached hydrogens (primary N) is 1. The van der Waals surface area contributed by atoms with Gasteiger partial charge in [0.15, 0.2) is 0 Å². The number of aromatic nitrogens is 1. The molecule has 0 aliphatic carbocycles. The van der Waals surface area contributed by atoms with Crippen molar-refractivity contribution >= 4 is 16.8 Å². The van der Waals surface area contributed by atoms with Gasteiger partial charge in [-0.2, -0.15) is 5.26 Å². The number of anilines is 1. The van der Waals surface area contributed by atoms with Gasteiger partial charge in [-0.25, -0.2) is 9.37 Å². The first-order chi connectivity index (χ1) is 16.0. The molecule has 4 aromatic rings. The van der Waals surface area contributed by atoms with Gasteiger partial charge in [0.05, 0.1) is 28.5 Å². The molecule has 1 saturated heterocycles. The number of hydrogen-bond acceptors (Lipinski definition) is 6. The molecule has 3 N–H and O–H groups in total. The van der Waals surface area contributed by atoms with Gasteiger partial charge in [-0.3, -0.25) is 0 Å². The van der Waals surface area contributed by atoms with Crippen molar-refractivity contribution in [1.29, 1.82) is 5.26 Å². The molecule has 5 rings (SSSR count). The second-order valence-electron chi connectivity index (χ2n) is 8.45. The van der Waals surface area contributed by atoms with Crippen LogP contribution in [0.1, 0.15) is 24.0 Å². The van der Waals surface area contributed by atoms with Crippen molar-refractivity contribution in [1.82, 2.24) is 4.98 Å². The average molecular weight is 442 g/mol. The lowest BCUT2D eigenvalue weighted by Crippen LogP contribution is -2.40. The molecule has 6 nitrogen and oxygen atoms in total. The van der Waals surface area contributed by atoms with E-state index in [2.05, 4.69) is 4.90 Å². The van der Waals surface area contributed by atoms with Gasteiger partial charge in [-0.15, -0.1) is 0 Å². The maximum atomic E-state index is 14.6. The number of benzene rings is 2. The molecule has 2 aromatic heterocycles. The first kappa shape index (κ1) is 21.0. The Balaban J connectivity index is 1.79. The molecule has 0 saturated carbocycles. The van der Waals surface area contributed by atoms with Crippen molar-refractivity contribution in [3.8, 4) is 34.2 Å². The Bertz CT molecular complexity index is 1400. The van der Waals surface area contributed by atoms with Crippen LogP contribution >= 0.6 is 0 Å². The van der Waals surface area contributed by atoms with Crippen LogP contribution in [0.3, 0.4) is 0 Å². The van der Waals surface area contributed by atoms with E-state index in [0.717, 1.165) is 42.7 Å². The zero-order valence-electron chi connectivity index (χ0n) is 18.2. The van der Waals surface area contributed by atoms with Crippen LogP contribution in [0.15, 0.2) is 53.1 Å². The van der Waals surface area contributed by atoms with E-state index in [1.165, 1.54) is 12.1 Å². The fourth-order valence-corrected chi connectivity index (χ4v) is 4.36. The van der Waals surface area contributed by atoms with Crippen LogP contribution in [0.25, 0.3) is 33.4 Å². The molecule has 0 atom stereocenters. The molecule has 3 heterocycles. The monoisotopic (exact) mass is 442 g/mol. The highest BCUT2D eigenvalue weighted by atomic mass is 19.1. The summed E-state index contributed by atoms with van der Waals surface area (Å²) in [6.07, 6.45) is 3.33. The molecule has 2 aromatic carbocycles. The Kier molecular flexibility index (Phi) is 5.23. The quantitative estimate of drug-likeness (QED) is 0.457. The first-order valence-electron chi connectivity index (χ1n) is 10.9. The minimum atomic E-state index is -0.612. The number of fused-ring (bicyclic) bond motifs is 1. The smallest absolute Gasteiger partial charge is 0.147 e. The fourth-order valence-electron chi connectivity index (χ4n) is 4.36. The van der Waals surface area contributed by atoms with Crippen molar-refractivity contribution in [3.05, 3.63) is 65.7 Å². The number of piperidine rings is 1. The van der Waals surface area contributed by atoms with E-state index in [4.69, 9.17) is 20.4 Å². The Morgan fingerprint density at radius 1 is 1.15 bits per heavy atom. The zero-order chi connectivity index (χ0) is 23.1. The zero-order valence-corrected chi connectivity index (χ0v) is 18.2. The molecule has 166 valence electrons. The van der Waals surface area contributed by atoms with Crippen molar-refractivity contribution in [3.63, 3.8) is 0 Å². The Labute approximate surface area is 190 Å². The number of nitrogens with zero attached hydrogens (tertiary/aromatic N) is 3. The van der Waals surface area contributed by atoms with Gasteiger partial charge in [-0.05, 0) is 55.2 Å². The minimum Gasteiger partial charge on any atom is -0.508 e. The van der Waals surface area contributed by atoms with Crippen LogP contribution in [0.2, 0.25) is 0 Å². The van der Waals surface area contributed by atoms with Gasteiger partial charge in [0.2, 0.25) is 0 Å². The maximum Gasteiger partial charge on any atom is 0.147 e. The van der Waals surface area contributed by atoms with E-state index < -0.39 is 5.82 Å². The van der Waals surface area contributed by atoms with Crippen LogP contribution in [0.5, 0.6) is 5.75 Å². The number of halogens is 1. The van der Waals surface area contributed by atoms with E-state index >= 15 is 0 Å². The molecule has 7 heteroatoms. The molecule has 0 amide bonds. The fraction of sp³-hybridized carbons (Fsp3) is 0.231. The predicted octanol–water partition coefficient (Wildman–Crippen LogP) is 5.11. The largest absolute Gasteiger partial charge is 0.508 e. The number of phenolic OH excluding ortho intramolecular Hbond substituents is 1. The summed E-state index contributed by atoms with van der Waals surface area (Å²) in [6, 6.07) is 13.7. The van der Waals surface area contributed by atoms with Crippen LogP contribution in [0, 0.1) is 24.1 Å². The Morgan fingerprint density at radius 3 is 2.61 bits per heavy atom. The van der Waals surface area contributed by atoms with E-state index in [9.17, 15) is 9.50 Å². The molecule has 1 fully saturated rings. The lowest BCUT2D eigenvalue weighted by Gasteiger charge is -2.32. The minimum absolute atomic E-state index is 0.0300. The topological polar surface area (TPSA) is 99.3 Å². The normalized spacial score (nSPS) is 14.5. The van der Waals surface area contributed by atoms with Crippen molar-refractivity contribution < 1.29 is 13.9 Å². The standard InChI is InChI=1S/C26H23FN4O2/c1-15-2-3-16(13-22(15)32)23-24(17-4-5-18(14-28)21(27)12-17)30-26(20-8-11-33-25(20)23)31-9-6-19(29)7-10-31/h2-5,8,11-13,19,32H,6-7,9-10,29H2,1H3. The highest BCUT2D eigenvalue weighted by Gasteiger charge is 2.25. The number of aromatic hydroxyl groups is 1. The molecular formula is C26H23FN4O2. The van der Waals surface area contributed by atoms with E-state index in [1.807, 2.05) is 31.2 Å². The molecule has 1 aliphatic heterocycles. The van der Waals surface area contributed by atoms with Crippen molar-refractivity contribution in [2.75, 3.05) is 18.0 Å². The number of pyridine rings is 1.